The molecule has 6 nitrogen and oxygen atoms in total. The molecule has 1 aromatic carbocycles. The molecule has 1 atom stereocenters. The van der Waals surface area contributed by atoms with Gasteiger partial charge in [-0.25, -0.2) is 5.43 Å². The fourth-order valence-corrected chi connectivity index (χ4v) is 3.63. The molecule has 3 heterocycles. The largest absolute Gasteiger partial charge is 0.454 e. The molecule has 20 heavy (non-hydrogen) atoms. The van der Waals surface area contributed by atoms with Crippen LogP contribution in [0.25, 0.3) is 0 Å². The van der Waals surface area contributed by atoms with E-state index >= 15 is 0 Å². The van der Waals surface area contributed by atoms with Crippen LogP contribution in [-0.4, -0.2) is 47.5 Å². The van der Waals surface area contributed by atoms with Crippen LogP contribution < -0.4 is 14.9 Å². The molecule has 0 aromatic heterocycles. The molecular weight excluding hydrogens is 278 g/mol. The van der Waals surface area contributed by atoms with Crippen molar-refractivity contribution in [2.24, 2.45) is 5.10 Å². The predicted octanol–water partition coefficient (Wildman–Crippen LogP) is 0.624. The van der Waals surface area contributed by atoms with Gasteiger partial charge in [0.25, 0.3) is 5.91 Å². The molecule has 3 aliphatic heterocycles. The predicted molar refractivity (Wildman–Crippen MR) is 75.1 cm³/mol. The summed E-state index contributed by atoms with van der Waals surface area (Å²) in [4.78, 5) is 14.0. The Morgan fingerprint density at radius 3 is 3.20 bits per heavy atom. The van der Waals surface area contributed by atoms with E-state index in [9.17, 15) is 4.79 Å². The SMILES string of the molecule is O=C1NN=C(c2ccc3c(c2)OCO3)N2CCSCC12. The van der Waals surface area contributed by atoms with E-state index in [0.717, 1.165) is 40.9 Å². The second kappa shape index (κ2) is 4.59. The van der Waals surface area contributed by atoms with Crippen LogP contribution in [-0.2, 0) is 4.79 Å². The number of thioether (sulfide) groups is 1. The van der Waals surface area contributed by atoms with Crippen molar-refractivity contribution in [1.29, 1.82) is 0 Å². The number of hydrazone groups is 1. The number of benzene rings is 1. The summed E-state index contributed by atoms with van der Waals surface area (Å²) in [6.45, 7) is 1.08. The monoisotopic (exact) mass is 291 g/mol. The van der Waals surface area contributed by atoms with Crippen LogP contribution in [0, 0.1) is 0 Å². The lowest BCUT2D eigenvalue weighted by Crippen LogP contribution is -2.57. The Bertz CT molecular complexity index is 605. The Morgan fingerprint density at radius 1 is 1.35 bits per heavy atom. The number of amides is 1. The van der Waals surface area contributed by atoms with E-state index in [4.69, 9.17) is 9.47 Å². The number of nitrogens with zero attached hydrogens (tertiary/aromatic N) is 2. The molecular formula is C13H13N3O3S. The van der Waals surface area contributed by atoms with E-state index in [0.29, 0.717) is 0 Å². The fourth-order valence-electron chi connectivity index (χ4n) is 2.59. The maximum absolute atomic E-state index is 11.9. The second-order valence-electron chi connectivity index (χ2n) is 4.76. The Morgan fingerprint density at radius 2 is 2.25 bits per heavy atom. The number of fused-ring (bicyclic) bond motifs is 2. The van der Waals surface area contributed by atoms with Crippen LogP contribution in [0.2, 0.25) is 0 Å². The van der Waals surface area contributed by atoms with E-state index in [1.807, 2.05) is 18.2 Å². The van der Waals surface area contributed by atoms with E-state index in [2.05, 4.69) is 15.4 Å². The molecule has 104 valence electrons. The minimum Gasteiger partial charge on any atom is -0.454 e. The van der Waals surface area contributed by atoms with Crippen molar-refractivity contribution in [3.8, 4) is 11.5 Å². The van der Waals surface area contributed by atoms with Crippen molar-refractivity contribution in [1.82, 2.24) is 10.3 Å². The molecule has 1 aromatic rings. The Balaban J connectivity index is 1.71. The van der Waals surface area contributed by atoms with E-state index in [1.165, 1.54) is 0 Å². The highest BCUT2D eigenvalue weighted by atomic mass is 32.2. The van der Waals surface area contributed by atoms with Crippen molar-refractivity contribution >= 4 is 23.5 Å². The fraction of sp³-hybridized carbons (Fsp3) is 0.385. The minimum absolute atomic E-state index is 0.0262. The number of hydrogen-bond acceptors (Lipinski definition) is 6. The molecule has 0 aliphatic carbocycles. The van der Waals surface area contributed by atoms with Crippen molar-refractivity contribution in [2.45, 2.75) is 6.04 Å². The molecule has 1 amide bonds. The van der Waals surface area contributed by atoms with Gasteiger partial charge in [0.1, 0.15) is 6.04 Å². The summed E-state index contributed by atoms with van der Waals surface area (Å²) in [5, 5.41) is 4.23. The van der Waals surface area contributed by atoms with Crippen LogP contribution in [0.3, 0.4) is 0 Å². The average Bonchev–Trinajstić information content (AvgIpc) is 2.95. The van der Waals surface area contributed by atoms with Crippen molar-refractivity contribution in [3.05, 3.63) is 23.8 Å². The third-order valence-corrected chi connectivity index (χ3v) is 4.63. The normalized spacial score (nSPS) is 24.0. The van der Waals surface area contributed by atoms with Crippen molar-refractivity contribution < 1.29 is 14.3 Å². The highest BCUT2D eigenvalue weighted by Gasteiger charge is 2.35. The summed E-state index contributed by atoms with van der Waals surface area (Å²) in [6, 6.07) is 5.61. The first-order valence-electron chi connectivity index (χ1n) is 6.45. The average molecular weight is 291 g/mol. The molecule has 3 aliphatic rings. The van der Waals surface area contributed by atoms with Gasteiger partial charge in [-0.2, -0.15) is 16.9 Å². The smallest absolute Gasteiger partial charge is 0.263 e. The number of carbonyl (C=O) groups excluding carboxylic acids is 1. The topological polar surface area (TPSA) is 63.2 Å². The van der Waals surface area contributed by atoms with Gasteiger partial charge in [0.05, 0.1) is 0 Å². The van der Waals surface area contributed by atoms with Crippen LogP contribution in [0.4, 0.5) is 0 Å². The quantitative estimate of drug-likeness (QED) is 0.822. The molecule has 1 saturated heterocycles. The van der Waals surface area contributed by atoms with Crippen molar-refractivity contribution in [2.75, 3.05) is 24.8 Å². The lowest BCUT2D eigenvalue weighted by Gasteiger charge is -2.38. The summed E-state index contributed by atoms with van der Waals surface area (Å²) in [6.07, 6.45) is 0. The van der Waals surface area contributed by atoms with Gasteiger partial charge in [0, 0.05) is 23.6 Å². The number of amidine groups is 1. The second-order valence-corrected chi connectivity index (χ2v) is 5.91. The first-order valence-corrected chi connectivity index (χ1v) is 7.60. The van der Waals surface area contributed by atoms with Gasteiger partial charge in [0.2, 0.25) is 6.79 Å². The number of ether oxygens (including phenoxy) is 2. The molecule has 4 rings (SSSR count). The molecule has 0 spiro atoms. The minimum atomic E-state index is -0.133. The van der Waals surface area contributed by atoms with Crippen LogP contribution in [0.1, 0.15) is 5.56 Å². The maximum Gasteiger partial charge on any atom is 0.263 e. The highest BCUT2D eigenvalue weighted by molar-refractivity contribution is 7.99. The van der Waals surface area contributed by atoms with Gasteiger partial charge in [-0.15, -0.1) is 0 Å². The van der Waals surface area contributed by atoms with Gasteiger partial charge in [0.15, 0.2) is 17.3 Å². The van der Waals surface area contributed by atoms with Gasteiger partial charge < -0.3 is 14.4 Å². The first-order chi connectivity index (χ1) is 9.83. The van der Waals surface area contributed by atoms with Gasteiger partial charge in [-0.05, 0) is 18.2 Å². The van der Waals surface area contributed by atoms with Crippen LogP contribution in [0.15, 0.2) is 23.3 Å². The van der Waals surface area contributed by atoms with Gasteiger partial charge in [-0.3, -0.25) is 4.79 Å². The van der Waals surface area contributed by atoms with Gasteiger partial charge in [-0.1, -0.05) is 0 Å². The van der Waals surface area contributed by atoms with E-state index in [-0.39, 0.29) is 18.7 Å². The zero-order valence-corrected chi connectivity index (χ0v) is 11.5. The van der Waals surface area contributed by atoms with Crippen LogP contribution >= 0.6 is 11.8 Å². The molecule has 1 fully saturated rings. The summed E-state index contributed by atoms with van der Waals surface area (Å²) in [5.41, 5.74) is 3.56. The van der Waals surface area contributed by atoms with Crippen LogP contribution in [0.5, 0.6) is 11.5 Å². The first kappa shape index (κ1) is 11.9. The third-order valence-electron chi connectivity index (χ3n) is 3.61. The zero-order valence-electron chi connectivity index (χ0n) is 10.7. The lowest BCUT2D eigenvalue weighted by atomic mass is 10.1. The van der Waals surface area contributed by atoms with Gasteiger partial charge >= 0.3 is 0 Å². The molecule has 0 radical (unpaired) electrons. The third kappa shape index (κ3) is 1.81. The molecule has 7 heteroatoms. The molecule has 0 saturated carbocycles. The van der Waals surface area contributed by atoms with E-state index < -0.39 is 0 Å². The van der Waals surface area contributed by atoms with Crippen molar-refractivity contribution in [3.63, 3.8) is 0 Å². The molecule has 0 bridgehead atoms. The summed E-state index contributed by atoms with van der Waals surface area (Å²) < 4.78 is 10.7. The Hall–Kier alpha value is -1.89. The van der Waals surface area contributed by atoms with E-state index in [1.54, 1.807) is 11.8 Å². The molecule has 1 unspecified atom stereocenters. The Kier molecular flexibility index (Phi) is 2.73. The Labute approximate surface area is 120 Å². The molecule has 1 N–H and O–H groups in total. The maximum atomic E-state index is 11.9. The summed E-state index contributed by atoms with van der Waals surface area (Å²) >= 11 is 1.80. The number of nitrogens with one attached hydrogen (secondary N) is 1. The number of hydrogen-bond donors (Lipinski definition) is 1. The lowest BCUT2D eigenvalue weighted by molar-refractivity contribution is -0.125. The number of rotatable bonds is 1. The highest BCUT2D eigenvalue weighted by Crippen LogP contribution is 2.33. The zero-order chi connectivity index (χ0) is 13.5. The number of carbonyl (C=O) groups is 1. The summed E-state index contributed by atoms with van der Waals surface area (Å²) in [7, 11) is 0. The standard InChI is InChI=1S/C13H13N3O3S/c17-13-9-6-20-4-3-16(9)12(14-15-13)8-1-2-10-11(5-8)19-7-18-10/h1-2,5,9H,3-4,6-7H2,(H,15,17). The summed E-state index contributed by atoms with van der Waals surface area (Å²) in [5.74, 6) is 4.06.